The number of carbonyl (C=O) groups is 1. The standard InChI is InChI=1S/C18H22N4OS/c1-21-10-4-7-14(21)15-8-5-11-22(15)18(23)16-12-20-17(24-16)13-6-2-3-9-19-13/h2-3,6,9,12,14-15H,4-5,7-8,10-11H2,1H3/t14-,15+/m1/s1. The molecule has 0 N–H and O–H groups in total. The van der Waals surface area contributed by atoms with Crippen molar-refractivity contribution in [3.8, 4) is 10.7 Å². The Morgan fingerprint density at radius 2 is 2.00 bits per heavy atom. The summed E-state index contributed by atoms with van der Waals surface area (Å²) in [6.45, 7) is 2.01. The van der Waals surface area contributed by atoms with Crippen molar-refractivity contribution in [2.75, 3.05) is 20.1 Å². The van der Waals surface area contributed by atoms with E-state index >= 15 is 0 Å². The third-order valence-electron chi connectivity index (χ3n) is 5.18. The van der Waals surface area contributed by atoms with Crippen LogP contribution in [-0.4, -0.2) is 57.9 Å². The first-order chi connectivity index (χ1) is 11.7. The van der Waals surface area contributed by atoms with Crippen LogP contribution in [0.3, 0.4) is 0 Å². The number of pyridine rings is 1. The van der Waals surface area contributed by atoms with Crippen LogP contribution < -0.4 is 0 Å². The molecule has 1 amide bonds. The highest BCUT2D eigenvalue weighted by Gasteiger charge is 2.39. The third-order valence-corrected chi connectivity index (χ3v) is 6.19. The van der Waals surface area contributed by atoms with Crippen molar-refractivity contribution < 1.29 is 4.79 Å². The Labute approximate surface area is 146 Å². The molecule has 0 spiro atoms. The summed E-state index contributed by atoms with van der Waals surface area (Å²) in [6.07, 6.45) is 8.13. The zero-order valence-corrected chi connectivity index (χ0v) is 14.7. The number of likely N-dealkylation sites (tertiary alicyclic amines) is 2. The Morgan fingerprint density at radius 1 is 1.17 bits per heavy atom. The molecule has 5 nitrogen and oxygen atoms in total. The molecule has 2 aromatic rings. The lowest BCUT2D eigenvalue weighted by Gasteiger charge is -2.33. The van der Waals surface area contributed by atoms with Gasteiger partial charge in [-0.2, -0.15) is 0 Å². The molecule has 0 saturated carbocycles. The van der Waals surface area contributed by atoms with E-state index < -0.39 is 0 Å². The van der Waals surface area contributed by atoms with E-state index in [2.05, 4.69) is 26.8 Å². The molecule has 24 heavy (non-hydrogen) atoms. The van der Waals surface area contributed by atoms with Crippen molar-refractivity contribution in [1.82, 2.24) is 19.8 Å². The van der Waals surface area contributed by atoms with Crippen molar-refractivity contribution in [2.24, 2.45) is 0 Å². The summed E-state index contributed by atoms with van der Waals surface area (Å²) in [6, 6.07) is 6.62. The van der Waals surface area contributed by atoms with Gasteiger partial charge in [-0.25, -0.2) is 4.98 Å². The number of aromatic nitrogens is 2. The number of thiazole rings is 1. The average molecular weight is 342 g/mol. The molecule has 6 heteroatoms. The predicted molar refractivity (Wildman–Crippen MR) is 95.1 cm³/mol. The van der Waals surface area contributed by atoms with Gasteiger partial charge in [-0.3, -0.25) is 9.78 Å². The minimum Gasteiger partial charge on any atom is -0.333 e. The topological polar surface area (TPSA) is 49.3 Å². The molecule has 2 atom stereocenters. The average Bonchev–Trinajstić information content (AvgIpc) is 3.35. The first-order valence-electron chi connectivity index (χ1n) is 8.62. The highest BCUT2D eigenvalue weighted by atomic mass is 32.1. The molecular weight excluding hydrogens is 320 g/mol. The second kappa shape index (κ2) is 6.61. The van der Waals surface area contributed by atoms with Gasteiger partial charge in [0.1, 0.15) is 9.88 Å². The summed E-state index contributed by atoms with van der Waals surface area (Å²) in [4.78, 5) is 27.0. The molecule has 2 aromatic heterocycles. The van der Waals surface area contributed by atoms with Gasteiger partial charge < -0.3 is 9.80 Å². The van der Waals surface area contributed by atoms with E-state index in [9.17, 15) is 4.79 Å². The molecule has 4 heterocycles. The fraction of sp³-hybridized carbons (Fsp3) is 0.500. The highest BCUT2D eigenvalue weighted by Crippen LogP contribution is 2.32. The Bertz CT molecular complexity index is 717. The maximum Gasteiger partial charge on any atom is 0.265 e. The van der Waals surface area contributed by atoms with Crippen LogP contribution in [0.4, 0.5) is 0 Å². The number of likely N-dealkylation sites (N-methyl/N-ethyl adjacent to an activating group) is 1. The fourth-order valence-corrected chi connectivity index (χ4v) is 4.84. The van der Waals surface area contributed by atoms with E-state index in [4.69, 9.17) is 0 Å². The predicted octanol–water partition coefficient (Wildman–Crippen LogP) is 2.90. The van der Waals surface area contributed by atoms with Crippen LogP contribution in [0.2, 0.25) is 0 Å². The van der Waals surface area contributed by atoms with Gasteiger partial charge in [-0.1, -0.05) is 6.07 Å². The zero-order chi connectivity index (χ0) is 16.5. The van der Waals surface area contributed by atoms with Crippen LogP contribution in [-0.2, 0) is 0 Å². The second-order valence-corrected chi connectivity index (χ2v) is 7.67. The third kappa shape index (κ3) is 2.84. The molecular formula is C18H22N4OS. The summed E-state index contributed by atoms with van der Waals surface area (Å²) in [5.41, 5.74) is 0.829. The SMILES string of the molecule is CN1CCC[C@@H]1[C@@H]1CCCN1C(=O)c1cnc(-c2ccccn2)s1. The van der Waals surface area contributed by atoms with Crippen molar-refractivity contribution >= 4 is 17.2 Å². The normalized spacial score (nSPS) is 24.6. The Morgan fingerprint density at radius 3 is 2.75 bits per heavy atom. The summed E-state index contributed by atoms with van der Waals surface area (Å²) in [5, 5.41) is 0.813. The van der Waals surface area contributed by atoms with Gasteiger partial charge in [-0.05, 0) is 51.4 Å². The van der Waals surface area contributed by atoms with Gasteiger partial charge in [0.2, 0.25) is 0 Å². The summed E-state index contributed by atoms with van der Waals surface area (Å²) >= 11 is 1.45. The summed E-state index contributed by atoms with van der Waals surface area (Å²) in [7, 11) is 2.19. The molecule has 4 rings (SSSR count). The van der Waals surface area contributed by atoms with Gasteiger partial charge in [0.25, 0.3) is 5.91 Å². The smallest absolute Gasteiger partial charge is 0.265 e. The van der Waals surface area contributed by atoms with Gasteiger partial charge in [-0.15, -0.1) is 11.3 Å². The summed E-state index contributed by atoms with van der Waals surface area (Å²) in [5.74, 6) is 0.137. The monoisotopic (exact) mass is 342 g/mol. The molecule has 2 saturated heterocycles. The number of carbonyl (C=O) groups excluding carboxylic acids is 1. The van der Waals surface area contributed by atoms with Crippen molar-refractivity contribution in [2.45, 2.75) is 37.8 Å². The first-order valence-corrected chi connectivity index (χ1v) is 9.44. The molecule has 0 unspecified atom stereocenters. The number of hydrogen-bond donors (Lipinski definition) is 0. The van der Waals surface area contributed by atoms with Crippen LogP contribution >= 0.6 is 11.3 Å². The van der Waals surface area contributed by atoms with E-state index in [1.807, 2.05) is 18.2 Å². The Balaban J connectivity index is 1.54. The van der Waals surface area contributed by atoms with Crippen LogP contribution in [0.15, 0.2) is 30.6 Å². The molecule has 0 bridgehead atoms. The van der Waals surface area contributed by atoms with Gasteiger partial charge >= 0.3 is 0 Å². The quantitative estimate of drug-likeness (QED) is 0.860. The molecule has 126 valence electrons. The van der Waals surface area contributed by atoms with E-state index in [0.717, 1.165) is 41.5 Å². The van der Waals surface area contributed by atoms with Gasteiger partial charge in [0.05, 0.1) is 11.9 Å². The van der Waals surface area contributed by atoms with Crippen molar-refractivity contribution in [1.29, 1.82) is 0 Å². The fourth-order valence-electron chi connectivity index (χ4n) is 3.99. The lowest BCUT2D eigenvalue weighted by molar-refractivity contribution is 0.0669. The van der Waals surface area contributed by atoms with Crippen LogP contribution in [0, 0.1) is 0 Å². The zero-order valence-electron chi connectivity index (χ0n) is 13.9. The van der Waals surface area contributed by atoms with Crippen molar-refractivity contribution in [3.05, 3.63) is 35.5 Å². The van der Waals surface area contributed by atoms with E-state index in [1.165, 1.54) is 24.2 Å². The minimum absolute atomic E-state index is 0.137. The number of rotatable bonds is 3. The van der Waals surface area contributed by atoms with E-state index in [0.29, 0.717) is 12.1 Å². The van der Waals surface area contributed by atoms with Crippen LogP contribution in [0.25, 0.3) is 10.7 Å². The van der Waals surface area contributed by atoms with Crippen LogP contribution in [0.1, 0.15) is 35.4 Å². The molecule has 2 fully saturated rings. The lowest BCUT2D eigenvalue weighted by Crippen LogP contribution is -2.46. The Hall–Kier alpha value is -1.79. The molecule has 0 radical (unpaired) electrons. The molecule has 0 aromatic carbocycles. The molecule has 0 aliphatic carbocycles. The van der Waals surface area contributed by atoms with Crippen LogP contribution in [0.5, 0.6) is 0 Å². The Kier molecular flexibility index (Phi) is 4.33. The van der Waals surface area contributed by atoms with Crippen molar-refractivity contribution in [3.63, 3.8) is 0 Å². The second-order valence-electron chi connectivity index (χ2n) is 6.64. The van der Waals surface area contributed by atoms with Gasteiger partial charge in [0, 0.05) is 24.8 Å². The van der Waals surface area contributed by atoms with Gasteiger partial charge in [0.15, 0.2) is 0 Å². The maximum atomic E-state index is 13.0. The number of hydrogen-bond acceptors (Lipinski definition) is 5. The number of amides is 1. The minimum atomic E-state index is 0.137. The maximum absolute atomic E-state index is 13.0. The van der Waals surface area contributed by atoms with E-state index in [-0.39, 0.29) is 5.91 Å². The lowest BCUT2D eigenvalue weighted by atomic mass is 10.0. The summed E-state index contributed by atoms with van der Waals surface area (Å²) < 4.78 is 0. The first kappa shape index (κ1) is 15.7. The molecule has 2 aliphatic rings. The number of nitrogens with zero attached hydrogens (tertiary/aromatic N) is 4. The largest absolute Gasteiger partial charge is 0.333 e. The molecule has 2 aliphatic heterocycles. The van der Waals surface area contributed by atoms with E-state index in [1.54, 1.807) is 12.4 Å². The highest BCUT2D eigenvalue weighted by molar-refractivity contribution is 7.16.